The monoisotopic (exact) mass is 392 g/mol. The molecule has 1 N–H and O–H groups in total. The largest absolute Gasteiger partial charge is 0.496 e. The SMILES string of the molecule is COc1ccccc1C(=O)n1nc(-c2ccco2)nc1NCc1ccc(F)cc1. The van der Waals surface area contributed by atoms with Gasteiger partial charge in [-0.3, -0.25) is 4.79 Å². The van der Waals surface area contributed by atoms with Gasteiger partial charge >= 0.3 is 0 Å². The summed E-state index contributed by atoms with van der Waals surface area (Å²) < 4.78 is 24.9. The maximum atomic E-state index is 13.1. The van der Waals surface area contributed by atoms with Crippen LogP contribution in [0, 0.1) is 5.82 Å². The number of benzene rings is 2. The minimum atomic E-state index is -0.408. The number of hydrogen-bond donors (Lipinski definition) is 1. The van der Waals surface area contributed by atoms with E-state index >= 15 is 0 Å². The molecule has 0 amide bonds. The van der Waals surface area contributed by atoms with E-state index in [1.165, 1.54) is 30.2 Å². The number of nitrogens with one attached hydrogen (secondary N) is 1. The first-order chi connectivity index (χ1) is 14.2. The molecule has 146 valence electrons. The van der Waals surface area contributed by atoms with E-state index in [0.717, 1.165) is 5.56 Å². The van der Waals surface area contributed by atoms with Crippen molar-refractivity contribution in [3.63, 3.8) is 0 Å². The summed E-state index contributed by atoms with van der Waals surface area (Å²) in [7, 11) is 1.50. The van der Waals surface area contributed by atoms with E-state index in [-0.39, 0.29) is 17.6 Å². The number of aromatic nitrogens is 3. The molecular weight excluding hydrogens is 375 g/mol. The fraction of sp³-hybridized carbons (Fsp3) is 0.0952. The lowest BCUT2D eigenvalue weighted by Crippen LogP contribution is -2.18. The number of nitrogens with zero attached hydrogens (tertiary/aromatic N) is 3. The zero-order chi connectivity index (χ0) is 20.2. The smallest absolute Gasteiger partial charge is 0.285 e. The van der Waals surface area contributed by atoms with E-state index in [1.54, 1.807) is 48.5 Å². The zero-order valence-electron chi connectivity index (χ0n) is 15.5. The van der Waals surface area contributed by atoms with Crippen molar-refractivity contribution in [3.8, 4) is 17.3 Å². The van der Waals surface area contributed by atoms with Crippen LogP contribution in [0.25, 0.3) is 11.6 Å². The summed E-state index contributed by atoms with van der Waals surface area (Å²) in [6, 6.07) is 16.3. The molecule has 29 heavy (non-hydrogen) atoms. The van der Waals surface area contributed by atoms with Crippen LogP contribution in [0.3, 0.4) is 0 Å². The van der Waals surface area contributed by atoms with E-state index in [1.807, 2.05) is 0 Å². The number of halogens is 1. The van der Waals surface area contributed by atoms with Crippen LogP contribution in [0.4, 0.5) is 10.3 Å². The van der Waals surface area contributed by atoms with Crippen LogP contribution >= 0.6 is 0 Å². The lowest BCUT2D eigenvalue weighted by atomic mass is 10.2. The maximum absolute atomic E-state index is 13.1. The molecule has 0 unspecified atom stereocenters. The molecule has 0 aliphatic carbocycles. The molecule has 0 aliphatic heterocycles. The number of carbonyl (C=O) groups is 1. The van der Waals surface area contributed by atoms with Gasteiger partial charge in [-0.25, -0.2) is 4.39 Å². The molecular formula is C21H17FN4O3. The molecule has 2 aromatic heterocycles. The zero-order valence-corrected chi connectivity index (χ0v) is 15.5. The summed E-state index contributed by atoms with van der Waals surface area (Å²) >= 11 is 0. The first kappa shape index (κ1) is 18.4. The fourth-order valence-corrected chi connectivity index (χ4v) is 2.80. The van der Waals surface area contributed by atoms with Gasteiger partial charge in [-0.15, -0.1) is 5.10 Å². The Balaban J connectivity index is 1.69. The third-order valence-electron chi connectivity index (χ3n) is 4.24. The lowest BCUT2D eigenvalue weighted by molar-refractivity contribution is 0.0944. The second-order valence-electron chi connectivity index (χ2n) is 6.13. The van der Waals surface area contributed by atoms with Gasteiger partial charge in [-0.05, 0) is 42.0 Å². The van der Waals surface area contributed by atoms with Crippen molar-refractivity contribution >= 4 is 11.9 Å². The second-order valence-corrected chi connectivity index (χ2v) is 6.13. The van der Waals surface area contributed by atoms with E-state index in [0.29, 0.717) is 23.6 Å². The van der Waals surface area contributed by atoms with Crippen LogP contribution < -0.4 is 10.1 Å². The quantitative estimate of drug-likeness (QED) is 0.534. The Bertz CT molecular complexity index is 1120. The van der Waals surface area contributed by atoms with Crippen molar-refractivity contribution in [1.29, 1.82) is 0 Å². The molecule has 0 radical (unpaired) electrons. The fourth-order valence-electron chi connectivity index (χ4n) is 2.80. The third kappa shape index (κ3) is 3.86. The minimum Gasteiger partial charge on any atom is -0.496 e. The highest BCUT2D eigenvalue weighted by Gasteiger charge is 2.22. The van der Waals surface area contributed by atoms with Gasteiger partial charge in [-0.2, -0.15) is 9.67 Å². The Morgan fingerprint density at radius 2 is 1.93 bits per heavy atom. The molecule has 8 heteroatoms. The molecule has 2 heterocycles. The number of para-hydroxylation sites is 1. The van der Waals surface area contributed by atoms with Gasteiger partial charge in [0.05, 0.1) is 18.9 Å². The van der Waals surface area contributed by atoms with E-state index in [9.17, 15) is 9.18 Å². The van der Waals surface area contributed by atoms with Crippen LogP contribution in [0.5, 0.6) is 5.75 Å². The van der Waals surface area contributed by atoms with Crippen LogP contribution in [0.15, 0.2) is 71.3 Å². The van der Waals surface area contributed by atoms with Crippen molar-refractivity contribution in [2.75, 3.05) is 12.4 Å². The molecule has 2 aromatic carbocycles. The molecule has 4 rings (SSSR count). The van der Waals surface area contributed by atoms with Crippen molar-refractivity contribution in [2.45, 2.75) is 6.54 Å². The van der Waals surface area contributed by atoms with E-state index < -0.39 is 5.91 Å². The standard InChI is InChI=1S/C21H17FN4O3/c1-28-17-6-3-2-5-16(17)20(27)26-21(23-13-14-8-10-15(22)11-9-14)24-19(25-26)18-7-4-12-29-18/h2-12H,13H2,1H3,(H,23,24,25). The first-order valence-corrected chi connectivity index (χ1v) is 8.82. The average molecular weight is 392 g/mol. The Morgan fingerprint density at radius 3 is 2.66 bits per heavy atom. The number of ether oxygens (including phenoxy) is 1. The summed E-state index contributed by atoms with van der Waals surface area (Å²) in [6.45, 7) is 0.329. The number of rotatable bonds is 6. The highest BCUT2D eigenvalue weighted by atomic mass is 19.1. The predicted octanol–water partition coefficient (Wildman–Crippen LogP) is 3.99. The number of methoxy groups -OCH3 is 1. The molecule has 4 aromatic rings. The number of anilines is 1. The molecule has 0 atom stereocenters. The van der Waals surface area contributed by atoms with Crippen molar-refractivity contribution in [3.05, 3.63) is 83.9 Å². The summed E-state index contributed by atoms with van der Waals surface area (Å²) in [5, 5.41) is 7.40. The van der Waals surface area contributed by atoms with Crippen LogP contribution in [-0.4, -0.2) is 27.8 Å². The Labute approximate surface area is 165 Å². The summed E-state index contributed by atoms with van der Waals surface area (Å²) in [6.07, 6.45) is 1.50. The molecule has 0 saturated carbocycles. The third-order valence-corrected chi connectivity index (χ3v) is 4.24. The first-order valence-electron chi connectivity index (χ1n) is 8.82. The topological polar surface area (TPSA) is 82.2 Å². The predicted molar refractivity (Wildman–Crippen MR) is 104 cm³/mol. The molecule has 0 saturated heterocycles. The molecule has 0 fully saturated rings. The lowest BCUT2D eigenvalue weighted by Gasteiger charge is -2.10. The number of furan rings is 1. The molecule has 0 aliphatic rings. The summed E-state index contributed by atoms with van der Waals surface area (Å²) in [5.41, 5.74) is 1.17. The van der Waals surface area contributed by atoms with E-state index in [2.05, 4.69) is 15.4 Å². The van der Waals surface area contributed by atoms with Crippen LogP contribution in [0.1, 0.15) is 15.9 Å². The number of hydrogen-bond acceptors (Lipinski definition) is 6. The van der Waals surface area contributed by atoms with Crippen LogP contribution in [-0.2, 0) is 6.54 Å². The van der Waals surface area contributed by atoms with Crippen LogP contribution in [0.2, 0.25) is 0 Å². The normalized spacial score (nSPS) is 10.7. The maximum Gasteiger partial charge on any atom is 0.285 e. The molecule has 7 nitrogen and oxygen atoms in total. The summed E-state index contributed by atoms with van der Waals surface area (Å²) in [4.78, 5) is 17.5. The average Bonchev–Trinajstić information content (AvgIpc) is 3.43. The van der Waals surface area contributed by atoms with Gasteiger partial charge in [0, 0.05) is 6.54 Å². The van der Waals surface area contributed by atoms with Crippen molar-refractivity contribution < 1.29 is 18.3 Å². The molecule has 0 bridgehead atoms. The van der Waals surface area contributed by atoms with Gasteiger partial charge in [0.25, 0.3) is 5.91 Å². The van der Waals surface area contributed by atoms with Gasteiger partial charge in [0.15, 0.2) is 5.76 Å². The second kappa shape index (κ2) is 7.97. The minimum absolute atomic E-state index is 0.233. The Hall–Kier alpha value is -3.94. The van der Waals surface area contributed by atoms with Gasteiger partial charge in [0.1, 0.15) is 11.6 Å². The Morgan fingerprint density at radius 1 is 1.14 bits per heavy atom. The highest BCUT2D eigenvalue weighted by molar-refractivity contribution is 5.99. The van der Waals surface area contributed by atoms with Gasteiger partial charge in [0.2, 0.25) is 11.8 Å². The van der Waals surface area contributed by atoms with Crippen molar-refractivity contribution in [1.82, 2.24) is 14.8 Å². The van der Waals surface area contributed by atoms with E-state index in [4.69, 9.17) is 9.15 Å². The van der Waals surface area contributed by atoms with Crippen molar-refractivity contribution in [2.24, 2.45) is 0 Å². The summed E-state index contributed by atoms with van der Waals surface area (Å²) in [5.74, 6) is 0.632. The Kier molecular flexibility index (Phi) is 5.07. The molecule has 0 spiro atoms. The highest BCUT2D eigenvalue weighted by Crippen LogP contribution is 2.23. The van der Waals surface area contributed by atoms with Gasteiger partial charge < -0.3 is 14.5 Å². The van der Waals surface area contributed by atoms with Gasteiger partial charge in [-0.1, -0.05) is 24.3 Å². The number of carbonyl (C=O) groups excluding carboxylic acids is 1.